The third-order valence-corrected chi connectivity index (χ3v) is 12.6. The first-order valence-corrected chi connectivity index (χ1v) is 29.3. The summed E-state index contributed by atoms with van der Waals surface area (Å²) in [5.41, 5.74) is 0. The highest BCUT2D eigenvalue weighted by Crippen LogP contribution is 2.43. The smallest absolute Gasteiger partial charge is 0.462 e. The topological polar surface area (TPSA) is 155 Å². The summed E-state index contributed by atoms with van der Waals surface area (Å²) in [6.07, 6.45) is 57.3. The number of phosphoric acid groups is 1. The number of unbranched alkanes of at least 4 members (excludes halogenated alkanes) is 22. The van der Waals surface area contributed by atoms with Gasteiger partial charge in [0.2, 0.25) is 0 Å². The molecule has 0 radical (unpaired) electrons. The van der Waals surface area contributed by atoms with E-state index in [0.717, 1.165) is 96.3 Å². The van der Waals surface area contributed by atoms with Gasteiger partial charge in [-0.15, -0.1) is 0 Å². The molecule has 0 heterocycles. The Morgan fingerprint density at radius 1 is 0.414 bits per heavy atom. The summed E-state index contributed by atoms with van der Waals surface area (Å²) < 4.78 is 39.4. The summed E-state index contributed by atoms with van der Waals surface area (Å²) in [6.45, 7) is 4.36. The number of carbonyl (C=O) groups excluding carboxylic acids is 3. The highest BCUT2D eigenvalue weighted by atomic mass is 31.2. The number of aliphatic hydroxyl groups excluding tert-OH is 1. The second kappa shape index (κ2) is 52.2. The molecule has 0 aliphatic carbocycles. The molecule has 0 saturated carbocycles. The van der Waals surface area contributed by atoms with Crippen molar-refractivity contribution in [3.05, 3.63) is 72.9 Å². The molecule has 70 heavy (non-hydrogen) atoms. The lowest BCUT2D eigenvalue weighted by Gasteiger charge is -2.21. The van der Waals surface area contributed by atoms with Crippen molar-refractivity contribution in [1.82, 2.24) is 0 Å². The predicted octanol–water partition coefficient (Wildman–Crippen LogP) is 16.1. The zero-order valence-corrected chi connectivity index (χ0v) is 45.4. The maximum atomic E-state index is 12.9. The van der Waals surface area contributed by atoms with E-state index in [1.807, 2.05) is 0 Å². The molecule has 0 aromatic heterocycles. The van der Waals surface area contributed by atoms with Gasteiger partial charge >= 0.3 is 25.7 Å². The first-order valence-electron chi connectivity index (χ1n) is 27.8. The van der Waals surface area contributed by atoms with Crippen molar-refractivity contribution in [2.24, 2.45) is 0 Å². The van der Waals surface area contributed by atoms with Crippen LogP contribution in [0.25, 0.3) is 0 Å². The Kier molecular flexibility index (Phi) is 50.0. The van der Waals surface area contributed by atoms with Crippen LogP contribution in [0.2, 0.25) is 0 Å². The van der Waals surface area contributed by atoms with Crippen LogP contribution in [0.4, 0.5) is 0 Å². The van der Waals surface area contributed by atoms with E-state index < -0.39 is 57.8 Å². The van der Waals surface area contributed by atoms with E-state index in [9.17, 15) is 28.9 Å². The molecule has 0 fully saturated rings. The van der Waals surface area contributed by atoms with Gasteiger partial charge in [0.05, 0.1) is 19.8 Å². The molecular formula is C58H101O11P. The van der Waals surface area contributed by atoms with Crippen molar-refractivity contribution in [3.63, 3.8) is 0 Å². The Morgan fingerprint density at radius 2 is 0.743 bits per heavy atom. The van der Waals surface area contributed by atoms with E-state index in [-0.39, 0.29) is 25.9 Å². The molecule has 0 saturated heterocycles. The Morgan fingerprint density at radius 3 is 1.14 bits per heavy atom. The summed E-state index contributed by atoms with van der Waals surface area (Å²) in [7, 11) is -4.76. The van der Waals surface area contributed by atoms with E-state index in [1.54, 1.807) is 0 Å². The Balaban J connectivity index is 4.76. The number of allylic oxidation sites excluding steroid dienone is 12. The van der Waals surface area contributed by atoms with E-state index in [2.05, 4.69) is 93.7 Å². The van der Waals surface area contributed by atoms with Crippen LogP contribution in [0.1, 0.15) is 239 Å². The van der Waals surface area contributed by atoms with Crippen LogP contribution in [0.15, 0.2) is 72.9 Å². The highest BCUT2D eigenvalue weighted by molar-refractivity contribution is 7.47. The molecule has 0 aromatic rings. The fourth-order valence-electron chi connectivity index (χ4n) is 7.44. The molecule has 3 unspecified atom stereocenters. The molecule has 3 atom stereocenters. The first-order chi connectivity index (χ1) is 34.2. The highest BCUT2D eigenvalue weighted by Gasteiger charge is 2.28. The van der Waals surface area contributed by atoms with Crippen molar-refractivity contribution in [2.45, 2.75) is 251 Å². The molecule has 12 heteroatoms. The summed E-state index contributed by atoms with van der Waals surface area (Å²) in [5, 5.41) is 9.78. The second-order valence-corrected chi connectivity index (χ2v) is 19.8. The van der Waals surface area contributed by atoms with Gasteiger partial charge in [0, 0.05) is 19.3 Å². The minimum absolute atomic E-state index is 0.139. The Bertz CT molecular complexity index is 1450. The van der Waals surface area contributed by atoms with E-state index >= 15 is 0 Å². The maximum Gasteiger partial charge on any atom is 0.472 e. The molecule has 0 aliphatic heterocycles. The molecule has 2 N–H and O–H groups in total. The molecule has 0 bridgehead atoms. The molecule has 11 nitrogen and oxygen atoms in total. The van der Waals surface area contributed by atoms with Crippen LogP contribution < -0.4 is 0 Å². The standard InChI is InChI=1S/C58H101O11P/c1-4-7-10-13-16-19-22-25-26-27-28-31-34-37-40-43-46-49-58(62)69-55(51-65-56(60)47-44-41-38-35-32-29-23-20-17-14-11-8-5-2)53-67-70(63,64)66-52-54(50-59)68-57(61)48-45-42-39-36-33-30-24-21-18-15-12-9-6-3/h8-9,11-12,17-18,20-21,29-30,32-33,54-55,59H,4-7,10,13-16,19,22-28,31,34-53H2,1-3H3,(H,63,64)/b11-8-,12-9-,20-17-,21-18-,32-29-,33-30-. The number of aliphatic hydroxyl groups is 1. The van der Waals surface area contributed by atoms with Gasteiger partial charge in [-0.3, -0.25) is 23.4 Å². The number of ether oxygens (including phenoxy) is 3. The largest absolute Gasteiger partial charge is 0.472 e. The fraction of sp³-hybridized carbons (Fsp3) is 0.741. The molecule has 404 valence electrons. The fourth-order valence-corrected chi connectivity index (χ4v) is 8.23. The predicted molar refractivity (Wildman–Crippen MR) is 288 cm³/mol. The van der Waals surface area contributed by atoms with Gasteiger partial charge in [-0.1, -0.05) is 209 Å². The van der Waals surface area contributed by atoms with Crippen LogP contribution in [0.5, 0.6) is 0 Å². The summed E-state index contributed by atoms with van der Waals surface area (Å²) in [5.74, 6) is -1.53. The molecule has 0 amide bonds. The molecule has 0 aliphatic rings. The normalized spacial score (nSPS) is 14.0. The SMILES string of the molecule is CC/C=C\C/C=C\C/C=C\CCCCCC(=O)OCC(COP(=O)(O)OCC(CO)OC(=O)CCCCC/C=C\C/C=C\C/C=C\CC)OC(=O)CCCCCCCCCCCCCCCCCCC. The zero-order valence-electron chi connectivity index (χ0n) is 44.5. The molecule has 0 aromatic carbocycles. The summed E-state index contributed by atoms with van der Waals surface area (Å²) >= 11 is 0. The molecule has 0 rings (SSSR count). The third-order valence-electron chi connectivity index (χ3n) is 11.6. The Hall–Kier alpha value is -3.08. The van der Waals surface area contributed by atoms with E-state index in [0.29, 0.717) is 19.3 Å². The van der Waals surface area contributed by atoms with Gasteiger partial charge in [-0.2, -0.15) is 0 Å². The van der Waals surface area contributed by atoms with Gasteiger partial charge in [0.25, 0.3) is 0 Å². The summed E-state index contributed by atoms with van der Waals surface area (Å²) in [6, 6.07) is 0. The third kappa shape index (κ3) is 49.9. The van der Waals surface area contributed by atoms with Crippen molar-refractivity contribution in [3.8, 4) is 0 Å². The first kappa shape index (κ1) is 66.9. The average molecular weight is 1010 g/mol. The summed E-state index contributed by atoms with van der Waals surface area (Å²) in [4.78, 5) is 48.4. The average Bonchev–Trinajstić information content (AvgIpc) is 3.35. The lowest BCUT2D eigenvalue weighted by Crippen LogP contribution is -2.30. The monoisotopic (exact) mass is 1000 g/mol. The lowest BCUT2D eigenvalue weighted by molar-refractivity contribution is -0.161. The van der Waals surface area contributed by atoms with Crippen molar-refractivity contribution >= 4 is 25.7 Å². The zero-order chi connectivity index (χ0) is 51.3. The van der Waals surface area contributed by atoms with Crippen LogP contribution in [0.3, 0.4) is 0 Å². The van der Waals surface area contributed by atoms with Crippen LogP contribution in [0, 0.1) is 0 Å². The van der Waals surface area contributed by atoms with Gasteiger partial charge in [-0.25, -0.2) is 4.57 Å². The number of hydrogen-bond acceptors (Lipinski definition) is 10. The van der Waals surface area contributed by atoms with Crippen molar-refractivity contribution < 1.29 is 52.2 Å². The Labute approximate surface area is 427 Å². The lowest BCUT2D eigenvalue weighted by atomic mass is 10.0. The van der Waals surface area contributed by atoms with Crippen LogP contribution in [-0.2, 0) is 42.2 Å². The quantitative estimate of drug-likeness (QED) is 0.0197. The van der Waals surface area contributed by atoms with Gasteiger partial charge in [-0.05, 0) is 83.5 Å². The minimum Gasteiger partial charge on any atom is -0.462 e. The van der Waals surface area contributed by atoms with Gasteiger partial charge in [0.1, 0.15) is 12.7 Å². The van der Waals surface area contributed by atoms with Crippen LogP contribution in [-0.4, -0.2) is 66.5 Å². The number of hydrogen-bond donors (Lipinski definition) is 2. The number of carbonyl (C=O) groups is 3. The number of rotatable bonds is 51. The van der Waals surface area contributed by atoms with Gasteiger partial charge in [0.15, 0.2) is 6.10 Å². The van der Waals surface area contributed by atoms with E-state index in [1.165, 1.54) is 83.5 Å². The number of esters is 3. The van der Waals surface area contributed by atoms with E-state index in [4.69, 9.17) is 23.3 Å². The van der Waals surface area contributed by atoms with Crippen molar-refractivity contribution in [1.29, 1.82) is 0 Å². The van der Waals surface area contributed by atoms with Gasteiger partial charge < -0.3 is 24.2 Å². The van der Waals surface area contributed by atoms with Crippen molar-refractivity contribution in [2.75, 3.05) is 26.4 Å². The molecular weight excluding hydrogens is 904 g/mol. The maximum absolute atomic E-state index is 12.9. The second-order valence-electron chi connectivity index (χ2n) is 18.3. The number of phosphoric ester groups is 1. The minimum atomic E-state index is -4.76. The molecule has 0 spiro atoms. The van der Waals surface area contributed by atoms with Crippen LogP contribution >= 0.6 is 7.82 Å².